The van der Waals surface area contributed by atoms with E-state index in [2.05, 4.69) is 42.8 Å². The van der Waals surface area contributed by atoms with E-state index in [1.165, 1.54) is 11.1 Å². The van der Waals surface area contributed by atoms with Crippen molar-refractivity contribution >= 4 is 0 Å². The lowest BCUT2D eigenvalue weighted by Gasteiger charge is -2.32. The maximum absolute atomic E-state index is 3.89. The van der Waals surface area contributed by atoms with Crippen LogP contribution < -0.4 is 0 Å². The summed E-state index contributed by atoms with van der Waals surface area (Å²) in [4.78, 5) is 2.34. The third-order valence-electron chi connectivity index (χ3n) is 2.81. The van der Waals surface area contributed by atoms with E-state index < -0.39 is 0 Å². The molecule has 1 aliphatic rings. The van der Waals surface area contributed by atoms with Gasteiger partial charge in [-0.3, -0.25) is 4.90 Å². The van der Waals surface area contributed by atoms with Gasteiger partial charge >= 0.3 is 0 Å². The minimum atomic E-state index is 0.407. The molecular formula is C12H15N. The molecule has 0 aliphatic carbocycles. The Kier molecular flexibility index (Phi) is 2.19. The predicted octanol–water partition coefficient (Wildman–Crippen LogP) is 2.40. The highest BCUT2D eigenvalue weighted by molar-refractivity contribution is 5.34. The van der Waals surface area contributed by atoms with Crippen LogP contribution in [0.15, 0.2) is 36.9 Å². The van der Waals surface area contributed by atoms with E-state index in [9.17, 15) is 0 Å². The molecule has 0 radical (unpaired) electrons. The first-order valence-corrected chi connectivity index (χ1v) is 4.73. The smallest absolute Gasteiger partial charge is 0.0529 e. The van der Waals surface area contributed by atoms with Gasteiger partial charge in [-0.1, -0.05) is 30.3 Å². The first-order valence-electron chi connectivity index (χ1n) is 4.73. The maximum atomic E-state index is 3.89. The van der Waals surface area contributed by atoms with Crippen LogP contribution >= 0.6 is 0 Å². The van der Waals surface area contributed by atoms with Crippen LogP contribution in [0.3, 0.4) is 0 Å². The fraction of sp³-hybridized carbons (Fsp3) is 0.333. The Balaban J connectivity index is 2.45. The minimum absolute atomic E-state index is 0.407. The van der Waals surface area contributed by atoms with Crippen LogP contribution in [-0.2, 0) is 6.42 Å². The Bertz CT molecular complexity index is 317. The second-order valence-corrected chi connectivity index (χ2v) is 3.61. The SMILES string of the molecule is C=CC1c2ccccc2CCN1C. The molecule has 13 heavy (non-hydrogen) atoms. The van der Waals surface area contributed by atoms with Crippen molar-refractivity contribution in [2.45, 2.75) is 12.5 Å². The van der Waals surface area contributed by atoms with Gasteiger partial charge in [-0.2, -0.15) is 0 Å². The summed E-state index contributed by atoms with van der Waals surface area (Å²) < 4.78 is 0. The van der Waals surface area contributed by atoms with E-state index in [1.807, 2.05) is 6.08 Å². The molecule has 1 atom stereocenters. The summed E-state index contributed by atoms with van der Waals surface area (Å²) in [7, 11) is 2.16. The van der Waals surface area contributed by atoms with Crippen molar-refractivity contribution < 1.29 is 0 Å². The van der Waals surface area contributed by atoms with Gasteiger partial charge < -0.3 is 0 Å². The molecule has 1 heteroatoms. The van der Waals surface area contributed by atoms with E-state index >= 15 is 0 Å². The highest BCUT2D eigenvalue weighted by Crippen LogP contribution is 2.28. The van der Waals surface area contributed by atoms with E-state index in [4.69, 9.17) is 0 Å². The van der Waals surface area contributed by atoms with E-state index in [-0.39, 0.29) is 0 Å². The summed E-state index contributed by atoms with van der Waals surface area (Å²) in [5.74, 6) is 0. The summed E-state index contributed by atoms with van der Waals surface area (Å²) >= 11 is 0. The Morgan fingerprint density at radius 1 is 1.46 bits per heavy atom. The summed E-state index contributed by atoms with van der Waals surface area (Å²) in [6.45, 7) is 5.02. The molecule has 0 bridgehead atoms. The molecule has 1 unspecified atom stereocenters. The molecule has 1 aliphatic heterocycles. The van der Waals surface area contributed by atoms with Gasteiger partial charge in [-0.05, 0) is 24.6 Å². The number of rotatable bonds is 1. The topological polar surface area (TPSA) is 3.24 Å². The molecule has 0 amide bonds. The van der Waals surface area contributed by atoms with Crippen molar-refractivity contribution in [3.8, 4) is 0 Å². The highest BCUT2D eigenvalue weighted by atomic mass is 15.1. The Labute approximate surface area is 79.7 Å². The van der Waals surface area contributed by atoms with Gasteiger partial charge in [0.15, 0.2) is 0 Å². The fourth-order valence-corrected chi connectivity index (χ4v) is 2.03. The second-order valence-electron chi connectivity index (χ2n) is 3.61. The normalized spacial score (nSPS) is 22.4. The fourth-order valence-electron chi connectivity index (χ4n) is 2.03. The van der Waals surface area contributed by atoms with Crippen molar-refractivity contribution in [1.82, 2.24) is 4.90 Å². The Morgan fingerprint density at radius 2 is 2.23 bits per heavy atom. The zero-order chi connectivity index (χ0) is 9.26. The van der Waals surface area contributed by atoms with Crippen LogP contribution in [0.25, 0.3) is 0 Å². The molecule has 1 aromatic rings. The van der Waals surface area contributed by atoms with Crippen molar-refractivity contribution in [1.29, 1.82) is 0 Å². The predicted molar refractivity (Wildman–Crippen MR) is 55.7 cm³/mol. The Morgan fingerprint density at radius 3 is 3.00 bits per heavy atom. The number of hydrogen-bond acceptors (Lipinski definition) is 1. The van der Waals surface area contributed by atoms with Gasteiger partial charge in [-0.25, -0.2) is 0 Å². The zero-order valence-electron chi connectivity index (χ0n) is 8.03. The monoisotopic (exact) mass is 173 g/mol. The average molecular weight is 173 g/mol. The third-order valence-corrected chi connectivity index (χ3v) is 2.81. The van der Waals surface area contributed by atoms with Gasteiger partial charge in [0.1, 0.15) is 0 Å². The van der Waals surface area contributed by atoms with Crippen LogP contribution in [0.4, 0.5) is 0 Å². The van der Waals surface area contributed by atoms with Gasteiger partial charge in [0.25, 0.3) is 0 Å². The van der Waals surface area contributed by atoms with Gasteiger partial charge in [0, 0.05) is 6.54 Å². The van der Waals surface area contributed by atoms with Crippen LogP contribution in [0.1, 0.15) is 17.2 Å². The van der Waals surface area contributed by atoms with E-state index in [0.717, 1.165) is 13.0 Å². The van der Waals surface area contributed by atoms with E-state index in [0.29, 0.717) is 6.04 Å². The standard InChI is InChI=1S/C12H15N/c1-3-12-11-7-5-4-6-10(11)8-9-13(12)2/h3-7,12H,1,8-9H2,2H3. The second kappa shape index (κ2) is 3.35. The first kappa shape index (κ1) is 8.52. The highest BCUT2D eigenvalue weighted by Gasteiger charge is 2.20. The van der Waals surface area contributed by atoms with Crippen molar-refractivity contribution in [3.63, 3.8) is 0 Å². The molecule has 2 rings (SSSR count). The average Bonchev–Trinajstić information content (AvgIpc) is 2.18. The summed E-state index contributed by atoms with van der Waals surface area (Å²) in [5.41, 5.74) is 2.90. The first-order chi connectivity index (χ1) is 6.33. The van der Waals surface area contributed by atoms with Gasteiger partial charge in [0.2, 0.25) is 0 Å². The van der Waals surface area contributed by atoms with Crippen LogP contribution in [0.2, 0.25) is 0 Å². The third kappa shape index (κ3) is 1.40. The zero-order valence-corrected chi connectivity index (χ0v) is 8.03. The molecule has 1 heterocycles. The molecule has 0 spiro atoms. The number of likely N-dealkylation sites (N-methyl/N-ethyl adjacent to an activating group) is 1. The molecule has 0 aromatic heterocycles. The van der Waals surface area contributed by atoms with E-state index in [1.54, 1.807) is 0 Å². The van der Waals surface area contributed by atoms with Crippen LogP contribution in [0.5, 0.6) is 0 Å². The summed E-state index contributed by atoms with van der Waals surface area (Å²) in [6.07, 6.45) is 3.19. The number of hydrogen-bond donors (Lipinski definition) is 0. The molecule has 68 valence electrons. The largest absolute Gasteiger partial charge is 0.296 e. The molecule has 0 fully saturated rings. The molecule has 0 N–H and O–H groups in total. The number of nitrogens with zero attached hydrogens (tertiary/aromatic N) is 1. The molecule has 1 aromatic carbocycles. The quantitative estimate of drug-likeness (QED) is 0.589. The van der Waals surface area contributed by atoms with Gasteiger partial charge in [0.05, 0.1) is 6.04 Å². The Hall–Kier alpha value is -1.08. The molecule has 0 saturated heterocycles. The minimum Gasteiger partial charge on any atom is -0.296 e. The number of benzene rings is 1. The lowest BCUT2D eigenvalue weighted by atomic mass is 9.93. The van der Waals surface area contributed by atoms with Crippen LogP contribution in [-0.4, -0.2) is 18.5 Å². The lowest BCUT2D eigenvalue weighted by Crippen LogP contribution is -2.30. The van der Waals surface area contributed by atoms with Crippen molar-refractivity contribution in [2.75, 3.05) is 13.6 Å². The van der Waals surface area contributed by atoms with Crippen LogP contribution in [0, 0.1) is 0 Å². The summed E-state index contributed by atoms with van der Waals surface area (Å²) in [6, 6.07) is 9.06. The van der Waals surface area contributed by atoms with Gasteiger partial charge in [-0.15, -0.1) is 6.58 Å². The lowest BCUT2D eigenvalue weighted by molar-refractivity contribution is 0.272. The molecule has 1 nitrogen and oxygen atoms in total. The number of fused-ring (bicyclic) bond motifs is 1. The molecule has 0 saturated carbocycles. The van der Waals surface area contributed by atoms with Crippen molar-refractivity contribution in [2.24, 2.45) is 0 Å². The molecular weight excluding hydrogens is 158 g/mol. The van der Waals surface area contributed by atoms with Crippen molar-refractivity contribution in [3.05, 3.63) is 48.0 Å². The summed E-state index contributed by atoms with van der Waals surface area (Å²) in [5, 5.41) is 0. The maximum Gasteiger partial charge on any atom is 0.0529 e.